The number of methoxy groups -OCH3 is 1. The van der Waals surface area contributed by atoms with E-state index in [4.69, 9.17) is 26.1 Å². The number of aryl methyl sites for hydroxylation is 2. The Kier molecular flexibility index (Phi) is 9.98. The Hall–Kier alpha value is -4.08. The Morgan fingerprint density at radius 1 is 1.33 bits per heavy atom. The fraction of sp³-hybridized carbons (Fsp3) is 0.367. The molecule has 2 aliphatic rings. The van der Waals surface area contributed by atoms with E-state index in [1.807, 2.05) is 6.20 Å². The minimum atomic E-state index is -1.24. The van der Waals surface area contributed by atoms with E-state index in [-0.39, 0.29) is 43.5 Å². The van der Waals surface area contributed by atoms with E-state index >= 15 is 0 Å². The topological polar surface area (TPSA) is 119 Å². The van der Waals surface area contributed by atoms with Crippen molar-refractivity contribution in [3.05, 3.63) is 85.2 Å². The van der Waals surface area contributed by atoms with Gasteiger partial charge in [0.25, 0.3) is 0 Å². The molecule has 0 saturated carbocycles. The van der Waals surface area contributed by atoms with Crippen molar-refractivity contribution in [2.24, 2.45) is 10.9 Å². The summed E-state index contributed by atoms with van der Waals surface area (Å²) in [5.74, 6) is -3.36. The van der Waals surface area contributed by atoms with Gasteiger partial charge < -0.3 is 19.4 Å². The maximum atomic E-state index is 14.7. The molecule has 5 rings (SSSR count). The van der Waals surface area contributed by atoms with Gasteiger partial charge in [-0.1, -0.05) is 25.1 Å². The number of nitriles is 1. The number of fused-ring (bicyclic) bond motifs is 1. The fourth-order valence-electron chi connectivity index (χ4n) is 5.39. The van der Waals surface area contributed by atoms with Crippen molar-refractivity contribution >= 4 is 40.7 Å². The van der Waals surface area contributed by atoms with Gasteiger partial charge >= 0.3 is 11.9 Å². The monoisotopic (exact) mass is 629 g/mol. The molecule has 226 valence electrons. The number of halogens is 3. The summed E-state index contributed by atoms with van der Waals surface area (Å²) in [6.45, 7) is 2.04. The molecule has 3 aromatic rings. The summed E-state index contributed by atoms with van der Waals surface area (Å²) < 4.78 is 40.6. The Labute approximate surface area is 256 Å². The van der Waals surface area contributed by atoms with Crippen LogP contribution in [0.25, 0.3) is 0 Å². The van der Waals surface area contributed by atoms with Crippen LogP contribution in [0.5, 0.6) is 0 Å². The minimum absolute atomic E-state index is 0. The highest BCUT2D eigenvalue weighted by Crippen LogP contribution is 2.42. The summed E-state index contributed by atoms with van der Waals surface area (Å²) in [5.41, 5.74) is 2.96. The number of hydrogen-bond donors (Lipinski definition) is 1. The third kappa shape index (κ3) is 6.19. The highest BCUT2D eigenvalue weighted by molar-refractivity contribution is 7.11. The molecule has 1 aliphatic heterocycles. The number of thiazole rings is 1. The number of allylic oxidation sites excluding steroid dienone is 1. The summed E-state index contributed by atoms with van der Waals surface area (Å²) in [4.78, 5) is 34.3. The van der Waals surface area contributed by atoms with Crippen molar-refractivity contribution in [2.45, 2.75) is 52.6 Å². The number of aromatic nitrogens is 2. The smallest absolute Gasteiger partial charge is 0.338 e. The molecule has 0 saturated heterocycles. The van der Waals surface area contributed by atoms with Crippen molar-refractivity contribution in [3.63, 3.8) is 0 Å². The van der Waals surface area contributed by atoms with Gasteiger partial charge in [-0.2, -0.15) is 5.26 Å². The molecule has 2 aromatic heterocycles. The first-order valence-corrected chi connectivity index (χ1v) is 14.5. The van der Waals surface area contributed by atoms with Crippen LogP contribution in [0, 0.1) is 28.9 Å². The third-order valence-electron chi connectivity index (χ3n) is 7.35. The second kappa shape index (κ2) is 13.5. The Balaban J connectivity index is 0.00000423. The molecule has 1 aromatic carbocycles. The normalized spacial score (nSPS) is 17.6. The van der Waals surface area contributed by atoms with Gasteiger partial charge in [0.1, 0.15) is 17.8 Å². The van der Waals surface area contributed by atoms with E-state index in [1.54, 1.807) is 23.1 Å². The van der Waals surface area contributed by atoms with Gasteiger partial charge in [0.15, 0.2) is 22.5 Å². The molecule has 9 nitrogen and oxygen atoms in total. The first-order chi connectivity index (χ1) is 20.3. The lowest BCUT2D eigenvalue weighted by atomic mass is 9.80. The molecule has 2 atom stereocenters. The number of aliphatic imine (C=N–C) groups is 1. The molecule has 0 amide bonds. The molecule has 3 heterocycles. The first kappa shape index (κ1) is 31.8. The average molecular weight is 630 g/mol. The molecule has 0 radical (unpaired) electrons. The van der Waals surface area contributed by atoms with Crippen molar-refractivity contribution in [1.82, 2.24) is 14.9 Å². The van der Waals surface area contributed by atoms with Crippen LogP contribution in [-0.4, -0.2) is 41.0 Å². The van der Waals surface area contributed by atoms with Crippen molar-refractivity contribution < 1.29 is 27.8 Å². The van der Waals surface area contributed by atoms with Gasteiger partial charge in [0.2, 0.25) is 0 Å². The maximum absolute atomic E-state index is 14.7. The van der Waals surface area contributed by atoms with Crippen LogP contribution in [0.3, 0.4) is 0 Å². The maximum Gasteiger partial charge on any atom is 0.338 e. The number of carbonyl (C=O) groups is 2. The molecule has 1 N–H and O–H groups in total. The third-order valence-corrected chi connectivity index (χ3v) is 8.51. The Morgan fingerprint density at radius 2 is 2.12 bits per heavy atom. The van der Waals surface area contributed by atoms with Crippen LogP contribution in [0.4, 0.5) is 8.78 Å². The number of amidine groups is 1. The lowest BCUT2D eigenvalue weighted by molar-refractivity contribution is -0.141. The number of carbonyl (C=O) groups excluding carboxylic acids is 2. The summed E-state index contributed by atoms with van der Waals surface area (Å²) in [6, 6.07) is 3.41. The minimum Gasteiger partial charge on any atom is -0.469 e. The number of ether oxygens (including phenoxy) is 2. The number of rotatable bonds is 8. The van der Waals surface area contributed by atoms with Crippen LogP contribution in [0.2, 0.25) is 5.02 Å². The molecule has 43 heavy (non-hydrogen) atoms. The van der Waals surface area contributed by atoms with Crippen LogP contribution in [-0.2, 0) is 38.4 Å². The van der Waals surface area contributed by atoms with Crippen molar-refractivity contribution in [3.8, 4) is 6.07 Å². The number of nitrogens with one attached hydrogen (secondary N) is 1. The SMILES string of the molecule is C.CCOC(=O)C1=C(C2CCc3cn(CCC(=O)OC)c(C#N)c3C2)NC(c2nccs2)=NC1c1ccc(F)c(F)c1Cl. The molecular weight excluding hydrogens is 600 g/mol. The molecule has 0 spiro atoms. The zero-order valence-electron chi connectivity index (χ0n) is 22.7. The summed E-state index contributed by atoms with van der Waals surface area (Å²) in [7, 11) is 1.31. The summed E-state index contributed by atoms with van der Waals surface area (Å²) in [5, 5.41) is 15.2. The highest BCUT2D eigenvalue weighted by atomic mass is 35.5. The van der Waals surface area contributed by atoms with E-state index in [0.29, 0.717) is 48.0 Å². The van der Waals surface area contributed by atoms with E-state index in [9.17, 15) is 23.6 Å². The molecule has 1 aliphatic carbocycles. The fourth-order valence-corrected chi connectivity index (χ4v) is 6.24. The second-order valence-electron chi connectivity index (χ2n) is 9.71. The zero-order chi connectivity index (χ0) is 30.0. The van der Waals surface area contributed by atoms with Gasteiger partial charge in [-0.3, -0.25) is 9.79 Å². The number of benzene rings is 1. The molecule has 2 unspecified atom stereocenters. The van der Waals surface area contributed by atoms with Crippen molar-refractivity contribution in [1.29, 1.82) is 5.26 Å². The predicted molar refractivity (Wildman–Crippen MR) is 158 cm³/mol. The molecule has 13 heteroatoms. The van der Waals surface area contributed by atoms with Crippen LogP contribution < -0.4 is 5.32 Å². The lowest BCUT2D eigenvalue weighted by Gasteiger charge is -2.33. The quantitative estimate of drug-likeness (QED) is 0.252. The number of hydrogen-bond acceptors (Lipinski definition) is 9. The summed E-state index contributed by atoms with van der Waals surface area (Å²) >= 11 is 7.61. The first-order valence-electron chi connectivity index (χ1n) is 13.2. The van der Waals surface area contributed by atoms with Crippen molar-refractivity contribution in [2.75, 3.05) is 13.7 Å². The van der Waals surface area contributed by atoms with E-state index < -0.39 is 28.7 Å². The molecular formula is C30H30ClF2N5O4S. The van der Waals surface area contributed by atoms with Crippen LogP contribution in [0.1, 0.15) is 60.6 Å². The average Bonchev–Trinajstić information content (AvgIpc) is 3.66. The van der Waals surface area contributed by atoms with Gasteiger partial charge in [0.05, 0.1) is 30.7 Å². The largest absolute Gasteiger partial charge is 0.469 e. The number of esters is 2. The van der Waals surface area contributed by atoms with Gasteiger partial charge in [0, 0.05) is 41.5 Å². The van der Waals surface area contributed by atoms with Gasteiger partial charge in [-0.15, -0.1) is 11.3 Å². The predicted octanol–water partition coefficient (Wildman–Crippen LogP) is 5.66. The molecule has 0 fully saturated rings. The van der Waals surface area contributed by atoms with Gasteiger partial charge in [-0.25, -0.2) is 18.6 Å². The standard InChI is InChI=1S/C29H26ClF2N5O4S.CH4/c1-3-41-29(39)22-25(15-4-5-16-14-37(10-8-21(38)40-2)20(13-33)18(16)12-15)35-27(28-34-9-11-42-28)36-26(22)17-6-7-19(31)24(32)23(17)30;/h6-7,9,11,14-15,26H,3-5,8,10,12H2,1-2H3,(H,35,36);1H4. The second-order valence-corrected chi connectivity index (χ2v) is 11.0. The zero-order valence-corrected chi connectivity index (χ0v) is 24.3. The van der Waals surface area contributed by atoms with Crippen LogP contribution >= 0.6 is 22.9 Å². The lowest BCUT2D eigenvalue weighted by Crippen LogP contribution is -2.38. The van der Waals surface area contributed by atoms with Gasteiger partial charge in [-0.05, 0) is 43.4 Å². The number of nitrogens with zero attached hydrogens (tertiary/aromatic N) is 4. The van der Waals surface area contributed by atoms with Crippen LogP contribution in [0.15, 0.2) is 46.2 Å². The van der Waals surface area contributed by atoms with E-state index in [1.165, 1.54) is 24.5 Å². The Morgan fingerprint density at radius 3 is 2.79 bits per heavy atom. The Bertz CT molecular complexity index is 1640. The molecule has 0 bridgehead atoms. The summed E-state index contributed by atoms with van der Waals surface area (Å²) in [6.07, 6.45) is 5.21. The van der Waals surface area contributed by atoms with E-state index in [2.05, 4.69) is 16.4 Å². The highest BCUT2D eigenvalue weighted by Gasteiger charge is 2.39. The van der Waals surface area contributed by atoms with E-state index in [0.717, 1.165) is 17.2 Å².